The normalized spacial score (nSPS) is 11.8. The number of benzene rings is 2. The van der Waals surface area contributed by atoms with Gasteiger partial charge in [0.05, 0.1) is 12.6 Å². The summed E-state index contributed by atoms with van der Waals surface area (Å²) in [6.07, 6.45) is 1.17. The number of oxazole rings is 1. The van der Waals surface area contributed by atoms with Gasteiger partial charge in [0.1, 0.15) is 0 Å². The zero-order valence-corrected chi connectivity index (χ0v) is 15.4. The molecule has 1 heterocycles. The number of carbonyl (C=O) groups excluding carboxylic acids is 1. The monoisotopic (exact) mass is 400 g/mol. The van der Waals surface area contributed by atoms with E-state index in [-0.39, 0.29) is 12.2 Å². The van der Waals surface area contributed by atoms with Crippen LogP contribution in [0.5, 0.6) is 0 Å². The largest absolute Gasteiger partial charge is 0.481 e. The Balaban J connectivity index is 1.72. The van der Waals surface area contributed by atoms with Crippen LogP contribution < -0.4 is 11.1 Å². The van der Waals surface area contributed by atoms with Crippen molar-refractivity contribution in [1.29, 1.82) is 0 Å². The minimum atomic E-state index is -1.05. The maximum atomic E-state index is 12.1. The summed E-state index contributed by atoms with van der Waals surface area (Å²) in [4.78, 5) is 36.5. The van der Waals surface area contributed by atoms with Gasteiger partial charge in [0.15, 0.2) is 0 Å². The van der Waals surface area contributed by atoms with Gasteiger partial charge in [-0.05, 0) is 35.2 Å². The number of aromatic nitrogens is 1. The molecular weight excluding hydrogens is 384 g/mol. The number of nitrogens with one attached hydrogen (secondary N) is 2. The van der Waals surface area contributed by atoms with E-state index in [9.17, 15) is 14.4 Å². The summed E-state index contributed by atoms with van der Waals surface area (Å²) in [6.45, 7) is 0. The van der Waals surface area contributed by atoms with Crippen LogP contribution in [0, 0.1) is 0 Å². The lowest BCUT2D eigenvalue weighted by molar-refractivity contribution is -0.137. The number of aromatic amines is 1. The van der Waals surface area contributed by atoms with Gasteiger partial charge in [0.25, 0.3) is 5.91 Å². The number of amides is 1. The molecule has 2 aromatic carbocycles. The number of aliphatic carboxylic acids is 1. The second-order valence-corrected chi connectivity index (χ2v) is 6.66. The number of carboxylic acid groups (broad SMARTS) is 1. The molecule has 0 radical (unpaired) electrons. The fraction of sp³-hybridized carbons (Fsp3) is 0.150. The van der Waals surface area contributed by atoms with E-state index in [1.54, 1.807) is 6.07 Å². The Morgan fingerprint density at radius 2 is 1.89 bits per heavy atom. The molecule has 0 unspecified atom stereocenters. The third kappa shape index (κ3) is 5.11. The fourth-order valence-electron chi connectivity index (χ4n) is 2.82. The zero-order chi connectivity index (χ0) is 20.1. The second-order valence-electron chi connectivity index (χ2n) is 6.22. The molecule has 28 heavy (non-hydrogen) atoms. The summed E-state index contributed by atoms with van der Waals surface area (Å²) in [6, 6.07) is 14.4. The molecule has 144 valence electrons. The number of H-pyrrole nitrogens is 1. The Kier molecular flexibility index (Phi) is 5.96. The van der Waals surface area contributed by atoms with Gasteiger partial charge in [-0.25, -0.2) is 4.79 Å². The molecule has 3 aromatic rings. The predicted octanol–water partition coefficient (Wildman–Crippen LogP) is 3.10. The first-order valence-electron chi connectivity index (χ1n) is 8.47. The van der Waals surface area contributed by atoms with Crippen molar-refractivity contribution in [2.75, 3.05) is 0 Å². The summed E-state index contributed by atoms with van der Waals surface area (Å²) < 4.78 is 4.69. The van der Waals surface area contributed by atoms with Crippen LogP contribution in [0.4, 0.5) is 0 Å². The first kappa shape index (κ1) is 19.4. The van der Waals surface area contributed by atoms with Gasteiger partial charge in [-0.2, -0.15) is 0 Å². The minimum Gasteiger partial charge on any atom is -0.481 e. The number of hydrogen-bond acceptors (Lipinski definition) is 4. The molecular formula is C20H17ClN2O5. The molecule has 1 amide bonds. The van der Waals surface area contributed by atoms with Gasteiger partial charge in [-0.1, -0.05) is 48.0 Å². The van der Waals surface area contributed by atoms with E-state index < -0.39 is 23.7 Å². The molecule has 1 atom stereocenters. The van der Waals surface area contributed by atoms with Crippen LogP contribution in [-0.4, -0.2) is 28.0 Å². The van der Waals surface area contributed by atoms with Crippen molar-refractivity contribution in [1.82, 2.24) is 10.3 Å². The lowest BCUT2D eigenvalue weighted by Crippen LogP contribution is -2.38. The highest BCUT2D eigenvalue weighted by Crippen LogP contribution is 2.23. The van der Waals surface area contributed by atoms with E-state index in [1.165, 1.54) is 0 Å². The van der Waals surface area contributed by atoms with Crippen LogP contribution in [0.25, 0.3) is 11.1 Å². The number of rotatable bonds is 7. The van der Waals surface area contributed by atoms with Gasteiger partial charge in [0.2, 0.25) is 5.76 Å². The first-order chi connectivity index (χ1) is 13.4. The van der Waals surface area contributed by atoms with Gasteiger partial charge < -0.3 is 14.8 Å². The Hall–Kier alpha value is -3.32. The van der Waals surface area contributed by atoms with Crippen molar-refractivity contribution in [3.8, 4) is 11.1 Å². The number of halogens is 1. The van der Waals surface area contributed by atoms with Crippen LogP contribution in [0.1, 0.15) is 22.5 Å². The van der Waals surface area contributed by atoms with Crippen LogP contribution in [0.3, 0.4) is 0 Å². The Labute approximate surface area is 165 Å². The van der Waals surface area contributed by atoms with Crippen molar-refractivity contribution in [2.24, 2.45) is 0 Å². The van der Waals surface area contributed by atoms with Gasteiger partial charge >= 0.3 is 11.7 Å². The van der Waals surface area contributed by atoms with Gasteiger partial charge in [-0.15, -0.1) is 0 Å². The topological polar surface area (TPSA) is 112 Å². The molecule has 0 fully saturated rings. The third-order valence-electron chi connectivity index (χ3n) is 4.10. The summed E-state index contributed by atoms with van der Waals surface area (Å²) in [5.41, 5.74) is 2.80. The lowest BCUT2D eigenvalue weighted by atomic mass is 9.99. The molecule has 0 aliphatic heterocycles. The summed E-state index contributed by atoms with van der Waals surface area (Å²) in [7, 11) is 0. The lowest BCUT2D eigenvalue weighted by Gasteiger charge is -2.16. The molecule has 1 aromatic heterocycles. The highest BCUT2D eigenvalue weighted by molar-refractivity contribution is 6.30. The Morgan fingerprint density at radius 1 is 1.14 bits per heavy atom. The molecule has 8 heteroatoms. The summed E-state index contributed by atoms with van der Waals surface area (Å²) in [5, 5.41) is 12.4. The van der Waals surface area contributed by atoms with E-state index in [0.29, 0.717) is 11.4 Å². The SMILES string of the molecule is O=C(O)C[C@@H](Cc1ccc(-c2cccc(Cl)c2)cc1)NC(=O)c1c[nH]c(=O)o1. The summed E-state index contributed by atoms with van der Waals surface area (Å²) >= 11 is 6.02. The average Bonchev–Trinajstić information content (AvgIpc) is 3.08. The van der Waals surface area contributed by atoms with Crippen molar-refractivity contribution in [3.63, 3.8) is 0 Å². The highest BCUT2D eigenvalue weighted by Gasteiger charge is 2.19. The maximum absolute atomic E-state index is 12.1. The van der Waals surface area contributed by atoms with Crippen molar-refractivity contribution in [2.45, 2.75) is 18.9 Å². The Bertz CT molecular complexity index is 1040. The highest BCUT2D eigenvalue weighted by atomic mass is 35.5. The molecule has 0 saturated carbocycles. The average molecular weight is 401 g/mol. The van der Waals surface area contributed by atoms with Crippen LogP contribution >= 0.6 is 11.6 Å². The molecule has 3 N–H and O–H groups in total. The van der Waals surface area contributed by atoms with E-state index >= 15 is 0 Å². The molecule has 0 aliphatic carbocycles. The Morgan fingerprint density at radius 3 is 2.50 bits per heavy atom. The van der Waals surface area contributed by atoms with Gasteiger partial charge in [-0.3, -0.25) is 14.6 Å². The van der Waals surface area contributed by atoms with Crippen molar-refractivity contribution in [3.05, 3.63) is 81.6 Å². The number of carbonyl (C=O) groups is 2. The number of hydrogen-bond donors (Lipinski definition) is 3. The van der Waals surface area contributed by atoms with E-state index in [0.717, 1.165) is 22.9 Å². The number of carboxylic acids is 1. The molecule has 0 saturated heterocycles. The summed E-state index contributed by atoms with van der Waals surface area (Å²) in [5.74, 6) is -2.65. The van der Waals surface area contributed by atoms with Crippen molar-refractivity contribution < 1.29 is 19.1 Å². The molecule has 0 bridgehead atoms. The zero-order valence-electron chi connectivity index (χ0n) is 14.6. The first-order valence-corrected chi connectivity index (χ1v) is 8.84. The van der Waals surface area contributed by atoms with Crippen molar-refractivity contribution >= 4 is 23.5 Å². The molecule has 0 spiro atoms. The molecule has 7 nitrogen and oxygen atoms in total. The van der Waals surface area contributed by atoms with E-state index in [2.05, 4.69) is 10.3 Å². The molecule has 0 aliphatic rings. The maximum Gasteiger partial charge on any atom is 0.416 e. The van der Waals surface area contributed by atoms with Crippen LogP contribution in [0.15, 0.2) is 63.9 Å². The smallest absolute Gasteiger partial charge is 0.416 e. The minimum absolute atomic E-state index is 0.198. The second kappa shape index (κ2) is 8.58. The molecule has 3 rings (SSSR count). The third-order valence-corrected chi connectivity index (χ3v) is 4.33. The van der Waals surface area contributed by atoms with Gasteiger partial charge in [0, 0.05) is 11.1 Å². The van der Waals surface area contributed by atoms with E-state index in [1.807, 2.05) is 42.5 Å². The quantitative estimate of drug-likeness (QED) is 0.564. The van der Waals surface area contributed by atoms with Crippen LogP contribution in [-0.2, 0) is 11.2 Å². The fourth-order valence-corrected chi connectivity index (χ4v) is 3.01. The predicted molar refractivity (Wildman–Crippen MR) is 103 cm³/mol. The standard InChI is InChI=1S/C20H17ClN2O5/c21-15-3-1-2-14(9-15)13-6-4-12(5-7-13)8-16(10-18(24)25)23-19(26)17-11-22-20(27)28-17/h1-7,9,11,16H,8,10H2,(H,22,27)(H,23,26)(H,24,25)/t16-/m1/s1. The van der Waals surface area contributed by atoms with E-state index in [4.69, 9.17) is 21.1 Å². The van der Waals surface area contributed by atoms with Crippen LogP contribution in [0.2, 0.25) is 5.02 Å².